The summed E-state index contributed by atoms with van der Waals surface area (Å²) in [7, 11) is 0. The predicted molar refractivity (Wildman–Crippen MR) is 63.5 cm³/mol. The molecule has 0 bridgehead atoms. The SMILES string of the molecule is Cc1ccc(C#N)c(Sc2ccoc2C)c1. The molecule has 2 rings (SSSR count). The first-order chi connectivity index (χ1) is 7.70. The van der Waals surface area contributed by atoms with Gasteiger partial charge in [-0.2, -0.15) is 5.26 Å². The Hall–Kier alpha value is -1.66. The average Bonchev–Trinajstić information content (AvgIpc) is 2.65. The molecular formula is C13H11NOS. The summed E-state index contributed by atoms with van der Waals surface area (Å²) in [6, 6.07) is 9.95. The van der Waals surface area contributed by atoms with Crippen molar-refractivity contribution in [1.29, 1.82) is 5.26 Å². The van der Waals surface area contributed by atoms with E-state index < -0.39 is 0 Å². The van der Waals surface area contributed by atoms with Crippen molar-refractivity contribution in [3.63, 3.8) is 0 Å². The molecule has 0 radical (unpaired) electrons. The summed E-state index contributed by atoms with van der Waals surface area (Å²) in [5.74, 6) is 0.885. The number of rotatable bonds is 2. The lowest BCUT2D eigenvalue weighted by Gasteiger charge is -2.03. The highest BCUT2D eigenvalue weighted by atomic mass is 32.2. The molecule has 0 amide bonds. The molecule has 0 unspecified atom stereocenters. The minimum atomic E-state index is 0.705. The zero-order valence-electron chi connectivity index (χ0n) is 9.15. The Morgan fingerprint density at radius 1 is 1.19 bits per heavy atom. The Bertz CT molecular complexity index is 551. The number of furan rings is 1. The summed E-state index contributed by atoms with van der Waals surface area (Å²) in [6.45, 7) is 3.94. The van der Waals surface area contributed by atoms with E-state index in [1.807, 2.05) is 38.1 Å². The molecule has 0 saturated heterocycles. The van der Waals surface area contributed by atoms with Gasteiger partial charge in [0, 0.05) is 4.90 Å². The van der Waals surface area contributed by atoms with E-state index in [-0.39, 0.29) is 0 Å². The van der Waals surface area contributed by atoms with Crippen molar-refractivity contribution in [3.05, 3.63) is 47.4 Å². The highest BCUT2D eigenvalue weighted by Crippen LogP contribution is 2.33. The van der Waals surface area contributed by atoms with Gasteiger partial charge in [-0.3, -0.25) is 0 Å². The zero-order chi connectivity index (χ0) is 11.5. The first-order valence-electron chi connectivity index (χ1n) is 4.93. The summed E-state index contributed by atoms with van der Waals surface area (Å²) < 4.78 is 5.24. The van der Waals surface area contributed by atoms with Crippen molar-refractivity contribution in [1.82, 2.24) is 0 Å². The van der Waals surface area contributed by atoms with Crippen molar-refractivity contribution >= 4 is 11.8 Å². The second-order valence-electron chi connectivity index (χ2n) is 3.55. The molecular weight excluding hydrogens is 218 g/mol. The maximum atomic E-state index is 9.02. The summed E-state index contributed by atoms with van der Waals surface area (Å²) >= 11 is 1.57. The van der Waals surface area contributed by atoms with Crippen LogP contribution in [0.25, 0.3) is 0 Å². The molecule has 0 atom stereocenters. The molecule has 0 fully saturated rings. The van der Waals surface area contributed by atoms with E-state index in [0.29, 0.717) is 5.56 Å². The average molecular weight is 229 g/mol. The highest BCUT2D eigenvalue weighted by Gasteiger charge is 2.08. The predicted octanol–water partition coefficient (Wildman–Crippen LogP) is 3.92. The largest absolute Gasteiger partial charge is 0.468 e. The van der Waals surface area contributed by atoms with Crippen molar-refractivity contribution in [2.75, 3.05) is 0 Å². The Kier molecular flexibility index (Phi) is 3.02. The maximum Gasteiger partial charge on any atom is 0.114 e. The third kappa shape index (κ3) is 2.12. The molecule has 80 valence electrons. The summed E-state index contributed by atoms with van der Waals surface area (Å²) in [6.07, 6.45) is 1.67. The number of benzene rings is 1. The van der Waals surface area contributed by atoms with Crippen LogP contribution in [0.15, 0.2) is 44.7 Å². The van der Waals surface area contributed by atoms with Crippen LogP contribution in [0.4, 0.5) is 0 Å². The lowest BCUT2D eigenvalue weighted by atomic mass is 10.2. The van der Waals surface area contributed by atoms with Crippen LogP contribution in [-0.2, 0) is 0 Å². The zero-order valence-corrected chi connectivity index (χ0v) is 9.97. The van der Waals surface area contributed by atoms with Crippen molar-refractivity contribution < 1.29 is 4.42 Å². The Labute approximate surface area is 98.9 Å². The van der Waals surface area contributed by atoms with Gasteiger partial charge < -0.3 is 4.42 Å². The standard InChI is InChI=1S/C13H11NOS/c1-9-3-4-11(8-14)13(7-9)16-12-5-6-15-10(12)2/h3-7H,1-2H3. The van der Waals surface area contributed by atoms with Gasteiger partial charge in [-0.05, 0) is 37.6 Å². The fourth-order valence-electron chi connectivity index (χ4n) is 1.40. The number of nitrogens with zero attached hydrogens (tertiary/aromatic N) is 1. The van der Waals surface area contributed by atoms with Crippen LogP contribution >= 0.6 is 11.8 Å². The lowest BCUT2D eigenvalue weighted by molar-refractivity contribution is 0.527. The van der Waals surface area contributed by atoms with Gasteiger partial charge in [-0.15, -0.1) is 0 Å². The maximum absolute atomic E-state index is 9.02. The topological polar surface area (TPSA) is 36.9 Å². The van der Waals surface area contributed by atoms with E-state index in [1.54, 1.807) is 18.0 Å². The van der Waals surface area contributed by atoms with E-state index in [2.05, 4.69) is 6.07 Å². The van der Waals surface area contributed by atoms with Crippen LogP contribution in [0.3, 0.4) is 0 Å². The molecule has 0 aliphatic rings. The van der Waals surface area contributed by atoms with Crippen molar-refractivity contribution in [2.45, 2.75) is 23.6 Å². The van der Waals surface area contributed by atoms with E-state index in [0.717, 1.165) is 21.1 Å². The van der Waals surface area contributed by atoms with Gasteiger partial charge in [-0.25, -0.2) is 0 Å². The second-order valence-corrected chi connectivity index (χ2v) is 4.64. The highest BCUT2D eigenvalue weighted by molar-refractivity contribution is 7.99. The smallest absolute Gasteiger partial charge is 0.114 e. The Morgan fingerprint density at radius 2 is 2.00 bits per heavy atom. The van der Waals surface area contributed by atoms with E-state index >= 15 is 0 Å². The molecule has 1 heterocycles. The fraction of sp³-hybridized carbons (Fsp3) is 0.154. The van der Waals surface area contributed by atoms with Crippen LogP contribution in [-0.4, -0.2) is 0 Å². The Morgan fingerprint density at radius 3 is 2.62 bits per heavy atom. The third-order valence-electron chi connectivity index (χ3n) is 2.29. The van der Waals surface area contributed by atoms with Gasteiger partial charge in [0.2, 0.25) is 0 Å². The molecule has 2 nitrogen and oxygen atoms in total. The lowest BCUT2D eigenvalue weighted by Crippen LogP contribution is -1.83. The minimum Gasteiger partial charge on any atom is -0.468 e. The van der Waals surface area contributed by atoms with Gasteiger partial charge >= 0.3 is 0 Å². The van der Waals surface area contributed by atoms with Crippen LogP contribution in [0.2, 0.25) is 0 Å². The van der Waals surface area contributed by atoms with Crippen LogP contribution in [0, 0.1) is 25.2 Å². The molecule has 0 aliphatic heterocycles. The fourth-order valence-corrected chi connectivity index (χ4v) is 2.42. The van der Waals surface area contributed by atoms with Crippen LogP contribution in [0.1, 0.15) is 16.9 Å². The van der Waals surface area contributed by atoms with Gasteiger partial charge in [-0.1, -0.05) is 17.8 Å². The molecule has 0 N–H and O–H groups in total. The minimum absolute atomic E-state index is 0.705. The molecule has 1 aromatic carbocycles. The molecule has 0 aliphatic carbocycles. The molecule has 0 spiro atoms. The number of hydrogen-bond donors (Lipinski definition) is 0. The molecule has 16 heavy (non-hydrogen) atoms. The number of aryl methyl sites for hydroxylation is 2. The number of hydrogen-bond acceptors (Lipinski definition) is 3. The third-order valence-corrected chi connectivity index (χ3v) is 3.49. The molecule has 1 aromatic heterocycles. The van der Waals surface area contributed by atoms with Gasteiger partial charge in [0.25, 0.3) is 0 Å². The first-order valence-corrected chi connectivity index (χ1v) is 5.75. The number of nitriles is 1. The molecule has 2 aromatic rings. The van der Waals surface area contributed by atoms with E-state index in [1.165, 1.54) is 0 Å². The summed E-state index contributed by atoms with van der Waals surface area (Å²) in [5, 5.41) is 9.02. The van der Waals surface area contributed by atoms with Crippen LogP contribution in [0.5, 0.6) is 0 Å². The first kappa shape index (κ1) is 10.8. The van der Waals surface area contributed by atoms with Crippen LogP contribution < -0.4 is 0 Å². The normalized spacial score (nSPS) is 10.1. The van der Waals surface area contributed by atoms with Crippen molar-refractivity contribution in [3.8, 4) is 6.07 Å². The summed E-state index contributed by atoms with van der Waals surface area (Å²) in [4.78, 5) is 2.04. The van der Waals surface area contributed by atoms with Gasteiger partial charge in [0.05, 0.1) is 16.7 Å². The van der Waals surface area contributed by atoms with Gasteiger partial charge in [0.1, 0.15) is 11.8 Å². The quantitative estimate of drug-likeness (QED) is 0.783. The molecule has 0 saturated carbocycles. The Balaban J connectivity index is 2.38. The van der Waals surface area contributed by atoms with Crippen molar-refractivity contribution in [2.24, 2.45) is 0 Å². The molecule has 3 heteroatoms. The second kappa shape index (κ2) is 4.46. The van der Waals surface area contributed by atoms with Gasteiger partial charge in [0.15, 0.2) is 0 Å². The monoisotopic (exact) mass is 229 g/mol. The summed E-state index contributed by atoms with van der Waals surface area (Å²) in [5.41, 5.74) is 1.86. The van der Waals surface area contributed by atoms with E-state index in [9.17, 15) is 0 Å². The van der Waals surface area contributed by atoms with E-state index in [4.69, 9.17) is 9.68 Å².